The predicted molar refractivity (Wildman–Crippen MR) is 99.0 cm³/mol. The van der Waals surface area contributed by atoms with Crippen molar-refractivity contribution in [2.45, 2.75) is 13.5 Å². The number of aliphatic imine (C=N–C) groups is 1. The van der Waals surface area contributed by atoms with E-state index in [2.05, 4.69) is 32.0 Å². The Hall–Kier alpha value is -3.27. The van der Waals surface area contributed by atoms with Crippen LogP contribution >= 0.6 is 0 Å². The molecule has 0 aliphatic heterocycles. The second kappa shape index (κ2) is 9.13. The molecule has 0 bridgehead atoms. The molecule has 0 spiro atoms. The topological polar surface area (TPSA) is 83.3 Å². The summed E-state index contributed by atoms with van der Waals surface area (Å²) < 4.78 is 1.76. The lowest BCUT2D eigenvalue weighted by Crippen LogP contribution is -2.41. The smallest absolute Gasteiger partial charge is 0.243 e. The molecule has 2 aromatic rings. The number of carbonyl (C=O) groups excluding carboxylic acids is 1. The van der Waals surface area contributed by atoms with Gasteiger partial charge in [0.1, 0.15) is 0 Å². The molecule has 1 heterocycles. The first-order valence-corrected chi connectivity index (χ1v) is 7.98. The highest BCUT2D eigenvalue weighted by Gasteiger charge is 2.05. The highest BCUT2D eigenvalue weighted by molar-refractivity contribution is 5.95. The Bertz CT molecular complexity index is 787. The van der Waals surface area contributed by atoms with Crippen LogP contribution in [0.3, 0.4) is 0 Å². The van der Waals surface area contributed by atoms with Gasteiger partial charge < -0.3 is 16.0 Å². The van der Waals surface area contributed by atoms with Gasteiger partial charge in [0.2, 0.25) is 5.91 Å². The third kappa shape index (κ3) is 5.70. The normalized spacial score (nSPS) is 10.8. The highest BCUT2D eigenvalue weighted by atomic mass is 16.1. The quantitative estimate of drug-likeness (QED) is 0.418. The molecule has 0 aliphatic carbocycles. The predicted octanol–water partition coefficient (Wildman–Crippen LogP) is 1.10. The lowest BCUT2D eigenvalue weighted by molar-refractivity contribution is -0.115. The first-order valence-electron chi connectivity index (χ1n) is 7.98. The minimum Gasteiger partial charge on any atom is -0.357 e. The average molecular weight is 338 g/mol. The largest absolute Gasteiger partial charge is 0.357 e. The van der Waals surface area contributed by atoms with Crippen molar-refractivity contribution in [2.75, 3.05) is 18.4 Å². The van der Waals surface area contributed by atoms with Gasteiger partial charge in [0.15, 0.2) is 5.96 Å². The lowest BCUT2D eigenvalue weighted by Gasteiger charge is -2.11. The summed E-state index contributed by atoms with van der Waals surface area (Å²) in [5.74, 6) is 2.92. The number of hydrogen-bond acceptors (Lipinski definition) is 3. The molecule has 1 amide bonds. The van der Waals surface area contributed by atoms with E-state index in [9.17, 15) is 4.79 Å². The molecule has 1 aromatic heterocycles. The number of amides is 1. The van der Waals surface area contributed by atoms with Gasteiger partial charge in [-0.05, 0) is 31.2 Å². The van der Waals surface area contributed by atoms with Gasteiger partial charge in [0.25, 0.3) is 0 Å². The van der Waals surface area contributed by atoms with Crippen molar-refractivity contribution in [3.05, 3.63) is 47.8 Å². The van der Waals surface area contributed by atoms with Crippen molar-refractivity contribution in [1.29, 1.82) is 0 Å². The van der Waals surface area contributed by atoms with Crippen LogP contribution in [0.1, 0.15) is 18.2 Å². The molecule has 2 rings (SSSR count). The number of terminal acetylenes is 1. The first kappa shape index (κ1) is 18.1. The van der Waals surface area contributed by atoms with E-state index in [0.717, 1.165) is 11.3 Å². The van der Waals surface area contributed by atoms with Crippen molar-refractivity contribution in [3.8, 4) is 12.3 Å². The molecule has 0 saturated heterocycles. The summed E-state index contributed by atoms with van der Waals surface area (Å²) in [4.78, 5) is 16.5. The molecule has 7 nitrogen and oxygen atoms in total. The fraction of sp³-hybridized carbons (Fsp3) is 0.278. The van der Waals surface area contributed by atoms with Crippen molar-refractivity contribution >= 4 is 17.6 Å². The van der Waals surface area contributed by atoms with Crippen molar-refractivity contribution in [2.24, 2.45) is 12.0 Å². The van der Waals surface area contributed by atoms with Crippen LogP contribution in [-0.4, -0.2) is 34.7 Å². The molecular formula is C18H22N6O. The fourth-order valence-electron chi connectivity index (χ4n) is 2.11. The number of aryl methyl sites for hydroxylation is 1. The van der Waals surface area contributed by atoms with Crippen LogP contribution in [0.5, 0.6) is 0 Å². The molecule has 0 atom stereocenters. The minimum atomic E-state index is -0.180. The third-order valence-electron chi connectivity index (χ3n) is 3.40. The molecule has 7 heteroatoms. The number of nitrogens with one attached hydrogen (secondary N) is 3. The molecule has 1 aromatic carbocycles. The van der Waals surface area contributed by atoms with Gasteiger partial charge in [-0.25, -0.2) is 4.99 Å². The molecule has 3 N–H and O–H groups in total. The van der Waals surface area contributed by atoms with Crippen LogP contribution in [0.25, 0.3) is 0 Å². The Balaban J connectivity index is 1.90. The zero-order valence-corrected chi connectivity index (χ0v) is 14.4. The van der Waals surface area contributed by atoms with E-state index in [1.165, 1.54) is 0 Å². The average Bonchev–Trinajstić information content (AvgIpc) is 3.02. The molecule has 25 heavy (non-hydrogen) atoms. The van der Waals surface area contributed by atoms with Crippen molar-refractivity contribution in [3.63, 3.8) is 0 Å². The van der Waals surface area contributed by atoms with Gasteiger partial charge in [0.05, 0.1) is 18.8 Å². The number of nitrogens with zero attached hydrogens (tertiary/aromatic N) is 3. The number of hydrogen-bond donors (Lipinski definition) is 3. The molecule has 0 aliphatic rings. The van der Waals surface area contributed by atoms with Gasteiger partial charge in [0, 0.05) is 31.0 Å². The summed E-state index contributed by atoms with van der Waals surface area (Å²) in [6, 6.07) is 9.05. The van der Waals surface area contributed by atoms with Gasteiger partial charge in [-0.3, -0.25) is 9.48 Å². The monoisotopic (exact) mass is 338 g/mol. The van der Waals surface area contributed by atoms with Crippen LogP contribution in [0, 0.1) is 12.3 Å². The minimum absolute atomic E-state index is 0.0947. The number of guanidine groups is 1. The van der Waals surface area contributed by atoms with E-state index in [-0.39, 0.29) is 12.5 Å². The van der Waals surface area contributed by atoms with Crippen LogP contribution in [0.2, 0.25) is 0 Å². The summed E-state index contributed by atoms with van der Waals surface area (Å²) in [6.45, 7) is 3.23. The maximum atomic E-state index is 12.1. The Labute approximate surface area is 147 Å². The van der Waals surface area contributed by atoms with Gasteiger partial charge >= 0.3 is 0 Å². The van der Waals surface area contributed by atoms with E-state index in [1.807, 2.05) is 26.1 Å². The maximum absolute atomic E-state index is 12.1. The van der Waals surface area contributed by atoms with Crippen LogP contribution in [-0.2, 0) is 18.4 Å². The first-order chi connectivity index (χ1) is 12.1. The number of anilines is 1. The Morgan fingerprint density at radius 2 is 2.20 bits per heavy atom. The standard InChI is InChI=1S/C18H22N6O/c1-4-14-7-6-8-15(11-14)23-17(25)13-21-18(19-5-2)20-12-16-9-10-22-24(16)3/h1,6-11H,5,12-13H2,2-3H3,(H,23,25)(H2,19,20,21). The third-order valence-corrected chi connectivity index (χ3v) is 3.40. The molecule has 0 saturated carbocycles. The van der Waals surface area contributed by atoms with E-state index < -0.39 is 0 Å². The summed E-state index contributed by atoms with van der Waals surface area (Å²) in [5.41, 5.74) is 2.36. The van der Waals surface area contributed by atoms with Crippen molar-refractivity contribution in [1.82, 2.24) is 20.4 Å². The Morgan fingerprint density at radius 1 is 1.36 bits per heavy atom. The summed E-state index contributed by atoms with van der Waals surface area (Å²) in [6.07, 6.45) is 7.09. The number of rotatable bonds is 6. The van der Waals surface area contributed by atoms with Crippen LogP contribution < -0.4 is 16.0 Å². The Morgan fingerprint density at radius 3 is 2.88 bits per heavy atom. The van der Waals surface area contributed by atoms with E-state index >= 15 is 0 Å². The van der Waals surface area contributed by atoms with Crippen LogP contribution in [0.15, 0.2) is 41.5 Å². The van der Waals surface area contributed by atoms with Gasteiger partial charge in [-0.1, -0.05) is 12.0 Å². The highest BCUT2D eigenvalue weighted by Crippen LogP contribution is 2.09. The van der Waals surface area contributed by atoms with Gasteiger partial charge in [-0.2, -0.15) is 5.10 Å². The second-order valence-corrected chi connectivity index (χ2v) is 5.27. The summed E-state index contributed by atoms with van der Waals surface area (Å²) in [7, 11) is 1.86. The van der Waals surface area contributed by atoms with E-state index in [1.54, 1.807) is 29.1 Å². The van der Waals surface area contributed by atoms with E-state index in [4.69, 9.17) is 6.42 Å². The van der Waals surface area contributed by atoms with Crippen LogP contribution in [0.4, 0.5) is 5.69 Å². The maximum Gasteiger partial charge on any atom is 0.243 e. The lowest BCUT2D eigenvalue weighted by atomic mass is 10.2. The van der Waals surface area contributed by atoms with Gasteiger partial charge in [-0.15, -0.1) is 6.42 Å². The second-order valence-electron chi connectivity index (χ2n) is 5.27. The fourth-order valence-corrected chi connectivity index (χ4v) is 2.11. The van der Waals surface area contributed by atoms with Crippen molar-refractivity contribution < 1.29 is 4.79 Å². The number of benzene rings is 1. The number of aromatic nitrogens is 2. The van der Waals surface area contributed by atoms with E-state index in [0.29, 0.717) is 24.7 Å². The summed E-state index contributed by atoms with van der Waals surface area (Å²) in [5, 5.41) is 13.0. The molecule has 0 fully saturated rings. The molecule has 130 valence electrons. The Kier molecular flexibility index (Phi) is 6.60. The zero-order valence-electron chi connectivity index (χ0n) is 14.4. The molecular weight excluding hydrogens is 316 g/mol. The summed E-state index contributed by atoms with van der Waals surface area (Å²) >= 11 is 0. The zero-order chi connectivity index (χ0) is 18.1. The molecule has 0 radical (unpaired) electrons. The number of carbonyl (C=O) groups is 1. The SMILES string of the molecule is C#Cc1cccc(NC(=O)CNC(=NCc2ccnn2C)NCC)c1. The molecule has 0 unspecified atom stereocenters.